The zero-order valence-electron chi connectivity index (χ0n) is 11.4. The Bertz CT molecular complexity index is 517. The Morgan fingerprint density at radius 1 is 1.15 bits per heavy atom. The number of nitrogens with one attached hydrogen (secondary N) is 2. The van der Waals surface area contributed by atoms with Crippen LogP contribution in [0.25, 0.3) is 0 Å². The van der Waals surface area contributed by atoms with Gasteiger partial charge in [0, 0.05) is 5.56 Å². The molecule has 1 fully saturated rings. The smallest absolute Gasteiger partial charge is 0.356 e. The second-order valence-electron chi connectivity index (χ2n) is 4.50. The van der Waals surface area contributed by atoms with Crippen LogP contribution in [0.1, 0.15) is 36.5 Å². The van der Waals surface area contributed by atoms with Gasteiger partial charge in [0.1, 0.15) is 5.70 Å². The van der Waals surface area contributed by atoms with Gasteiger partial charge in [0.25, 0.3) is 5.91 Å². The van der Waals surface area contributed by atoms with Crippen LogP contribution in [0.15, 0.2) is 41.6 Å². The van der Waals surface area contributed by atoms with Crippen LogP contribution in [0, 0.1) is 0 Å². The third kappa shape index (κ3) is 3.38. The van der Waals surface area contributed by atoms with Crippen LogP contribution in [0.3, 0.4) is 0 Å². The third-order valence-corrected chi connectivity index (χ3v) is 3.13. The fourth-order valence-corrected chi connectivity index (χ4v) is 1.87. The van der Waals surface area contributed by atoms with E-state index in [9.17, 15) is 9.59 Å². The number of carbonyl (C=O) groups is 2. The largest absolute Gasteiger partial charge is 0.461 e. The van der Waals surface area contributed by atoms with Crippen LogP contribution >= 0.6 is 0 Å². The minimum Gasteiger partial charge on any atom is -0.461 e. The van der Waals surface area contributed by atoms with Gasteiger partial charge < -0.3 is 4.74 Å². The number of hydrogen-bond donors (Lipinski definition) is 2. The van der Waals surface area contributed by atoms with E-state index in [1.807, 2.05) is 6.07 Å². The lowest BCUT2D eigenvalue weighted by molar-refractivity contribution is -0.139. The van der Waals surface area contributed by atoms with Crippen LogP contribution in [-0.2, 0) is 9.53 Å². The van der Waals surface area contributed by atoms with Crippen molar-refractivity contribution >= 4 is 11.9 Å². The highest BCUT2D eigenvalue weighted by molar-refractivity contribution is 5.95. The molecular weight excluding hydrogens is 256 g/mol. The average molecular weight is 274 g/mol. The van der Waals surface area contributed by atoms with E-state index >= 15 is 0 Å². The highest BCUT2D eigenvalue weighted by atomic mass is 16.5. The molecule has 0 spiro atoms. The lowest BCUT2D eigenvalue weighted by atomic mass is 9.90. The predicted molar refractivity (Wildman–Crippen MR) is 74.6 cm³/mol. The van der Waals surface area contributed by atoms with Crippen molar-refractivity contribution in [2.75, 3.05) is 6.61 Å². The first-order valence-electron chi connectivity index (χ1n) is 6.73. The SMILES string of the molecule is CCOC(=O)C(NNC(=O)c1ccccc1)=C1CCC1. The first-order valence-corrected chi connectivity index (χ1v) is 6.73. The first-order chi connectivity index (χ1) is 9.72. The Morgan fingerprint density at radius 3 is 2.40 bits per heavy atom. The maximum atomic E-state index is 11.9. The van der Waals surface area contributed by atoms with Gasteiger partial charge >= 0.3 is 5.97 Å². The zero-order chi connectivity index (χ0) is 14.4. The van der Waals surface area contributed by atoms with Crippen molar-refractivity contribution in [2.45, 2.75) is 26.2 Å². The lowest BCUT2D eigenvalue weighted by Gasteiger charge is -2.22. The number of ether oxygens (including phenoxy) is 1. The molecule has 1 saturated carbocycles. The Kier molecular flexibility index (Phi) is 4.76. The van der Waals surface area contributed by atoms with Gasteiger partial charge in [-0.3, -0.25) is 15.6 Å². The molecule has 2 N–H and O–H groups in total. The highest BCUT2D eigenvalue weighted by Gasteiger charge is 2.21. The molecular formula is C15H18N2O3. The molecule has 2 rings (SSSR count). The van der Waals surface area contributed by atoms with Crippen molar-refractivity contribution in [1.29, 1.82) is 0 Å². The number of rotatable bonds is 5. The van der Waals surface area contributed by atoms with Crippen LogP contribution in [0.2, 0.25) is 0 Å². The Morgan fingerprint density at radius 2 is 1.85 bits per heavy atom. The fourth-order valence-electron chi connectivity index (χ4n) is 1.87. The standard InChI is InChI=1S/C15H18N2O3/c1-2-20-15(19)13(11-9-6-10-11)16-17-14(18)12-7-4-3-5-8-12/h3-5,7-8,16H,2,6,9-10H2,1H3,(H,17,18). The molecule has 0 aromatic heterocycles. The van der Waals surface area contributed by atoms with Gasteiger partial charge in [0.05, 0.1) is 6.61 Å². The molecule has 5 nitrogen and oxygen atoms in total. The summed E-state index contributed by atoms with van der Waals surface area (Å²) in [4.78, 5) is 23.7. The van der Waals surface area contributed by atoms with Crippen molar-refractivity contribution in [1.82, 2.24) is 10.9 Å². The van der Waals surface area contributed by atoms with Gasteiger partial charge in [-0.2, -0.15) is 0 Å². The second kappa shape index (κ2) is 6.75. The monoisotopic (exact) mass is 274 g/mol. The van der Waals surface area contributed by atoms with Crippen LogP contribution in [0.4, 0.5) is 0 Å². The van der Waals surface area contributed by atoms with E-state index < -0.39 is 5.97 Å². The molecule has 5 heteroatoms. The molecule has 0 atom stereocenters. The molecule has 0 radical (unpaired) electrons. The summed E-state index contributed by atoms with van der Waals surface area (Å²) in [5.41, 5.74) is 7.14. The van der Waals surface area contributed by atoms with Crippen molar-refractivity contribution in [3.05, 3.63) is 47.2 Å². The van der Waals surface area contributed by atoms with E-state index in [1.54, 1.807) is 31.2 Å². The Labute approximate surface area is 118 Å². The third-order valence-electron chi connectivity index (χ3n) is 3.13. The summed E-state index contributed by atoms with van der Waals surface area (Å²) in [5, 5.41) is 0. The summed E-state index contributed by atoms with van der Waals surface area (Å²) in [6.07, 6.45) is 2.79. The highest BCUT2D eigenvalue weighted by Crippen LogP contribution is 2.28. The molecule has 1 amide bonds. The van der Waals surface area contributed by atoms with Crippen LogP contribution < -0.4 is 10.9 Å². The van der Waals surface area contributed by atoms with E-state index in [4.69, 9.17) is 4.74 Å². The Balaban J connectivity index is 1.99. The zero-order valence-corrected chi connectivity index (χ0v) is 11.4. The van der Waals surface area contributed by atoms with Gasteiger partial charge in [-0.1, -0.05) is 18.2 Å². The molecule has 1 aliphatic rings. The number of hydrazine groups is 1. The predicted octanol–water partition coefficient (Wildman–Crippen LogP) is 1.92. The molecule has 0 heterocycles. The van der Waals surface area contributed by atoms with Crippen molar-refractivity contribution < 1.29 is 14.3 Å². The van der Waals surface area contributed by atoms with Gasteiger partial charge in [0.2, 0.25) is 0 Å². The quantitative estimate of drug-likeness (QED) is 0.489. The molecule has 0 saturated heterocycles. The van der Waals surface area contributed by atoms with Gasteiger partial charge in [-0.25, -0.2) is 4.79 Å². The molecule has 1 aromatic rings. The fraction of sp³-hybridized carbons (Fsp3) is 0.333. The van der Waals surface area contributed by atoms with Crippen molar-refractivity contribution in [2.24, 2.45) is 0 Å². The molecule has 1 aromatic carbocycles. The topological polar surface area (TPSA) is 67.4 Å². The minimum atomic E-state index is -0.421. The number of amides is 1. The normalized spacial score (nSPS) is 13.2. The van der Waals surface area contributed by atoms with Gasteiger partial charge in [-0.15, -0.1) is 0 Å². The summed E-state index contributed by atoms with van der Waals surface area (Å²) in [7, 11) is 0. The number of allylic oxidation sites excluding steroid dienone is 1. The summed E-state index contributed by atoms with van der Waals surface area (Å²) < 4.78 is 4.99. The average Bonchev–Trinajstić information content (AvgIpc) is 2.42. The number of benzene rings is 1. The minimum absolute atomic E-state index is 0.285. The second-order valence-corrected chi connectivity index (χ2v) is 4.50. The summed E-state index contributed by atoms with van der Waals surface area (Å²) >= 11 is 0. The van der Waals surface area contributed by atoms with Crippen LogP contribution in [-0.4, -0.2) is 18.5 Å². The summed E-state index contributed by atoms with van der Waals surface area (Å²) in [6, 6.07) is 8.82. The lowest BCUT2D eigenvalue weighted by Crippen LogP contribution is -2.40. The molecule has 0 aliphatic heterocycles. The Hall–Kier alpha value is -2.30. The van der Waals surface area contributed by atoms with Gasteiger partial charge in [-0.05, 0) is 43.9 Å². The van der Waals surface area contributed by atoms with E-state index in [0.29, 0.717) is 17.9 Å². The van der Waals surface area contributed by atoms with E-state index in [2.05, 4.69) is 10.9 Å². The van der Waals surface area contributed by atoms with E-state index in [-0.39, 0.29) is 5.91 Å². The molecule has 0 unspecified atom stereocenters. The van der Waals surface area contributed by atoms with Crippen molar-refractivity contribution in [3.63, 3.8) is 0 Å². The number of esters is 1. The van der Waals surface area contributed by atoms with Gasteiger partial charge in [0.15, 0.2) is 0 Å². The molecule has 20 heavy (non-hydrogen) atoms. The summed E-state index contributed by atoms with van der Waals surface area (Å²) in [5.74, 6) is -0.706. The van der Waals surface area contributed by atoms with Crippen LogP contribution in [0.5, 0.6) is 0 Å². The van der Waals surface area contributed by atoms with E-state index in [0.717, 1.165) is 24.8 Å². The maximum Gasteiger partial charge on any atom is 0.356 e. The van der Waals surface area contributed by atoms with E-state index in [1.165, 1.54) is 0 Å². The van der Waals surface area contributed by atoms with Crippen molar-refractivity contribution in [3.8, 4) is 0 Å². The maximum absolute atomic E-state index is 11.9. The molecule has 1 aliphatic carbocycles. The number of carbonyl (C=O) groups excluding carboxylic acids is 2. The molecule has 0 bridgehead atoms. The molecule has 106 valence electrons. The number of hydrogen-bond acceptors (Lipinski definition) is 4. The first kappa shape index (κ1) is 14.1. The summed E-state index contributed by atoms with van der Waals surface area (Å²) in [6.45, 7) is 2.06.